The first-order valence-corrected chi connectivity index (χ1v) is 7.55. The van der Waals surface area contributed by atoms with Crippen LogP contribution in [0.5, 0.6) is 0 Å². The lowest BCUT2D eigenvalue weighted by molar-refractivity contribution is 0.616. The minimum absolute atomic E-state index is 0.103. The monoisotopic (exact) mass is 275 g/mol. The van der Waals surface area contributed by atoms with Gasteiger partial charge in [-0.3, -0.25) is 0 Å². The maximum absolute atomic E-state index is 13.5. The molecule has 1 aliphatic carbocycles. The molecule has 0 radical (unpaired) electrons. The van der Waals surface area contributed by atoms with Crippen molar-refractivity contribution in [3.63, 3.8) is 0 Å². The van der Waals surface area contributed by atoms with E-state index < -0.39 is 0 Å². The van der Waals surface area contributed by atoms with Crippen LogP contribution >= 0.6 is 11.3 Å². The van der Waals surface area contributed by atoms with E-state index >= 15 is 0 Å². The highest BCUT2D eigenvalue weighted by molar-refractivity contribution is 7.12. The molecule has 0 saturated carbocycles. The van der Waals surface area contributed by atoms with Crippen LogP contribution in [0.3, 0.4) is 0 Å². The molecule has 2 aromatic rings. The summed E-state index contributed by atoms with van der Waals surface area (Å²) in [5, 5.41) is 3.34. The number of halogens is 1. The van der Waals surface area contributed by atoms with E-state index in [-0.39, 0.29) is 11.9 Å². The highest BCUT2D eigenvalue weighted by Gasteiger charge is 2.21. The zero-order chi connectivity index (χ0) is 13.4. The van der Waals surface area contributed by atoms with Crippen molar-refractivity contribution in [1.82, 2.24) is 5.32 Å². The first kappa shape index (κ1) is 12.8. The van der Waals surface area contributed by atoms with Crippen molar-refractivity contribution in [2.24, 2.45) is 0 Å². The molecule has 0 saturated heterocycles. The van der Waals surface area contributed by atoms with Gasteiger partial charge >= 0.3 is 0 Å². The molecule has 1 aromatic carbocycles. The quantitative estimate of drug-likeness (QED) is 0.893. The van der Waals surface area contributed by atoms with Crippen molar-refractivity contribution in [1.29, 1.82) is 0 Å². The Labute approximate surface area is 117 Å². The van der Waals surface area contributed by atoms with Crippen molar-refractivity contribution in [3.05, 3.63) is 56.5 Å². The van der Waals surface area contributed by atoms with Crippen LogP contribution in [0.4, 0.5) is 4.39 Å². The van der Waals surface area contributed by atoms with E-state index in [1.807, 2.05) is 31.4 Å². The smallest absolute Gasteiger partial charge is 0.123 e. The van der Waals surface area contributed by atoms with Crippen molar-refractivity contribution >= 4 is 11.3 Å². The van der Waals surface area contributed by atoms with Gasteiger partial charge in [-0.15, -0.1) is 11.3 Å². The third-order valence-corrected chi connectivity index (χ3v) is 5.19. The van der Waals surface area contributed by atoms with Gasteiger partial charge in [0.05, 0.1) is 6.04 Å². The minimum atomic E-state index is -0.162. The fraction of sp³-hybridized carbons (Fsp3) is 0.375. The highest BCUT2D eigenvalue weighted by atomic mass is 32.1. The fourth-order valence-corrected chi connectivity index (χ4v) is 4.25. The summed E-state index contributed by atoms with van der Waals surface area (Å²) in [6.45, 7) is 2.04. The van der Waals surface area contributed by atoms with E-state index in [2.05, 4.69) is 11.4 Å². The molecule has 1 N–H and O–H groups in total. The van der Waals surface area contributed by atoms with E-state index in [1.54, 1.807) is 6.07 Å². The molecule has 3 rings (SSSR count). The van der Waals surface area contributed by atoms with E-state index in [0.717, 1.165) is 11.1 Å². The van der Waals surface area contributed by atoms with Crippen LogP contribution in [0.15, 0.2) is 24.3 Å². The molecule has 0 fully saturated rings. The summed E-state index contributed by atoms with van der Waals surface area (Å²) in [6, 6.07) is 7.45. The standard InChI is InChI=1S/C16H18FNS/c1-10-6-7-12(17)9-13(10)16(18-2)15-8-11-4-3-5-14(11)19-15/h6-9,16,18H,3-5H2,1-2H3. The predicted molar refractivity (Wildman–Crippen MR) is 78.4 cm³/mol. The maximum Gasteiger partial charge on any atom is 0.123 e. The summed E-state index contributed by atoms with van der Waals surface area (Å²) in [4.78, 5) is 2.82. The molecular weight excluding hydrogens is 257 g/mol. The molecule has 1 aromatic heterocycles. The van der Waals surface area contributed by atoms with Gasteiger partial charge < -0.3 is 5.32 Å². The molecular formula is C16H18FNS. The van der Waals surface area contributed by atoms with Gasteiger partial charge in [0.25, 0.3) is 0 Å². The SMILES string of the molecule is CNC(c1cc2c(s1)CCC2)c1cc(F)ccc1C. The second-order valence-electron chi connectivity index (χ2n) is 5.17. The average molecular weight is 275 g/mol. The molecule has 1 aliphatic rings. The number of thiophene rings is 1. The zero-order valence-corrected chi connectivity index (χ0v) is 12.1. The Kier molecular flexibility index (Phi) is 3.42. The van der Waals surface area contributed by atoms with E-state index in [4.69, 9.17) is 0 Å². The topological polar surface area (TPSA) is 12.0 Å². The van der Waals surface area contributed by atoms with E-state index in [9.17, 15) is 4.39 Å². The average Bonchev–Trinajstić information content (AvgIpc) is 2.95. The molecule has 1 atom stereocenters. The largest absolute Gasteiger partial charge is 0.309 e. The van der Waals surface area contributed by atoms with Crippen molar-refractivity contribution in [3.8, 4) is 0 Å². The molecule has 1 unspecified atom stereocenters. The molecule has 0 amide bonds. The molecule has 3 heteroatoms. The summed E-state index contributed by atoms with van der Waals surface area (Å²) in [6.07, 6.45) is 3.69. The van der Waals surface area contributed by atoms with Gasteiger partial charge in [-0.05, 0) is 68.1 Å². The second-order valence-corrected chi connectivity index (χ2v) is 6.34. The van der Waals surface area contributed by atoms with Crippen LogP contribution in [-0.2, 0) is 12.8 Å². The Morgan fingerprint density at radius 1 is 1.26 bits per heavy atom. The summed E-state index contributed by atoms with van der Waals surface area (Å²) in [7, 11) is 1.94. The summed E-state index contributed by atoms with van der Waals surface area (Å²) < 4.78 is 13.5. The normalized spacial score (nSPS) is 15.5. The third kappa shape index (κ3) is 2.33. The van der Waals surface area contributed by atoms with Gasteiger partial charge in [-0.1, -0.05) is 6.07 Å². The number of aryl methyl sites for hydroxylation is 3. The Balaban J connectivity index is 2.01. The molecule has 100 valence electrons. The van der Waals surface area contributed by atoms with Gasteiger partial charge in [0.2, 0.25) is 0 Å². The molecule has 0 spiro atoms. The van der Waals surface area contributed by atoms with E-state index in [0.29, 0.717) is 0 Å². The first-order chi connectivity index (χ1) is 9.19. The number of benzene rings is 1. The molecule has 1 heterocycles. The van der Waals surface area contributed by atoms with Gasteiger partial charge in [0.15, 0.2) is 0 Å². The maximum atomic E-state index is 13.5. The molecule has 0 aliphatic heterocycles. The number of rotatable bonds is 3. The van der Waals surface area contributed by atoms with Gasteiger partial charge in [0, 0.05) is 9.75 Å². The zero-order valence-electron chi connectivity index (χ0n) is 11.3. The van der Waals surface area contributed by atoms with Crippen LogP contribution in [-0.4, -0.2) is 7.05 Å². The number of hydrogen-bond acceptors (Lipinski definition) is 2. The van der Waals surface area contributed by atoms with Crippen LogP contribution in [0.25, 0.3) is 0 Å². The lowest BCUT2D eigenvalue weighted by atomic mass is 9.99. The molecule has 1 nitrogen and oxygen atoms in total. The summed E-state index contributed by atoms with van der Waals surface area (Å²) >= 11 is 1.88. The summed E-state index contributed by atoms with van der Waals surface area (Å²) in [5.41, 5.74) is 3.67. The van der Waals surface area contributed by atoms with E-state index in [1.165, 1.54) is 40.6 Å². The Hall–Kier alpha value is -1.19. The van der Waals surface area contributed by atoms with Crippen molar-refractivity contribution in [2.75, 3.05) is 7.05 Å². The number of fused-ring (bicyclic) bond motifs is 1. The first-order valence-electron chi connectivity index (χ1n) is 6.74. The van der Waals surface area contributed by atoms with Crippen LogP contribution < -0.4 is 5.32 Å². The predicted octanol–water partition coefficient (Wildman–Crippen LogP) is 3.99. The number of hydrogen-bond donors (Lipinski definition) is 1. The van der Waals surface area contributed by atoms with Gasteiger partial charge in [-0.2, -0.15) is 0 Å². The summed E-state index contributed by atoms with van der Waals surface area (Å²) in [5.74, 6) is -0.162. The van der Waals surface area contributed by atoms with Gasteiger partial charge in [0.1, 0.15) is 5.82 Å². The van der Waals surface area contributed by atoms with Crippen molar-refractivity contribution < 1.29 is 4.39 Å². The number of nitrogens with one attached hydrogen (secondary N) is 1. The molecule has 0 bridgehead atoms. The van der Waals surface area contributed by atoms with Crippen LogP contribution in [0, 0.1) is 12.7 Å². The third-order valence-electron chi connectivity index (χ3n) is 3.89. The lowest BCUT2D eigenvalue weighted by Gasteiger charge is -2.17. The highest BCUT2D eigenvalue weighted by Crippen LogP contribution is 2.36. The molecule has 19 heavy (non-hydrogen) atoms. The van der Waals surface area contributed by atoms with Crippen molar-refractivity contribution in [2.45, 2.75) is 32.2 Å². The fourth-order valence-electron chi connectivity index (χ4n) is 2.87. The minimum Gasteiger partial charge on any atom is -0.309 e. The Morgan fingerprint density at radius 3 is 2.84 bits per heavy atom. The van der Waals surface area contributed by atoms with Crippen LogP contribution in [0.1, 0.15) is 38.9 Å². The lowest BCUT2D eigenvalue weighted by Crippen LogP contribution is -2.17. The van der Waals surface area contributed by atoms with Crippen LogP contribution in [0.2, 0.25) is 0 Å². The van der Waals surface area contributed by atoms with Gasteiger partial charge in [-0.25, -0.2) is 4.39 Å². The second kappa shape index (κ2) is 5.06. The Morgan fingerprint density at radius 2 is 2.11 bits per heavy atom. The Bertz CT molecular complexity index is 581.